The molecule has 0 aliphatic carbocycles. The van der Waals surface area contributed by atoms with Crippen molar-refractivity contribution in [2.75, 3.05) is 20.4 Å². The molecule has 0 atom stereocenters. The molecule has 2 aromatic carbocycles. The smallest absolute Gasteiger partial charge is 0.118 e. The summed E-state index contributed by atoms with van der Waals surface area (Å²) >= 11 is 0. The van der Waals surface area contributed by atoms with Crippen molar-refractivity contribution in [3.8, 4) is 11.5 Å². The van der Waals surface area contributed by atoms with Crippen molar-refractivity contribution in [2.45, 2.75) is 20.3 Å². The summed E-state index contributed by atoms with van der Waals surface area (Å²) < 4.78 is 10.5. The van der Waals surface area contributed by atoms with Gasteiger partial charge >= 0.3 is 0 Å². The first kappa shape index (κ1) is 19.8. The second-order valence-corrected chi connectivity index (χ2v) is 8.07. The number of rotatable bonds is 7. The molecule has 0 amide bonds. The van der Waals surface area contributed by atoms with E-state index in [0.29, 0.717) is 0 Å². The average molecular weight is 353 g/mol. The van der Waals surface area contributed by atoms with Crippen LogP contribution in [0.3, 0.4) is 0 Å². The quantitative estimate of drug-likeness (QED) is 0.678. The molecule has 0 saturated heterocycles. The van der Waals surface area contributed by atoms with Gasteiger partial charge in [-0.15, -0.1) is 12.4 Å². The Balaban J connectivity index is 0.00000264. The molecule has 23 heavy (non-hydrogen) atoms. The van der Waals surface area contributed by atoms with Crippen LogP contribution in [-0.4, -0.2) is 20.4 Å². The van der Waals surface area contributed by atoms with E-state index >= 15 is 0 Å². The summed E-state index contributed by atoms with van der Waals surface area (Å²) in [5.41, 5.74) is 0. The highest BCUT2D eigenvalue weighted by atomic mass is 35.5. The molecule has 2 nitrogen and oxygen atoms in total. The van der Waals surface area contributed by atoms with Gasteiger partial charge in [-0.05, 0) is 61.3 Å². The summed E-state index contributed by atoms with van der Waals surface area (Å²) in [6, 6.07) is 17.1. The summed E-state index contributed by atoms with van der Waals surface area (Å²) in [4.78, 5) is 0. The number of hydrogen-bond donors (Lipinski definition) is 0. The monoisotopic (exact) mass is 352 g/mol. The predicted molar refractivity (Wildman–Crippen MR) is 104 cm³/mol. The van der Waals surface area contributed by atoms with Gasteiger partial charge in [0, 0.05) is 0 Å². The molecule has 0 saturated carbocycles. The second-order valence-electron chi connectivity index (χ2n) is 5.73. The van der Waals surface area contributed by atoms with Gasteiger partial charge in [0.15, 0.2) is 0 Å². The van der Waals surface area contributed by atoms with Gasteiger partial charge < -0.3 is 9.47 Å². The van der Waals surface area contributed by atoms with Crippen LogP contribution in [0.2, 0.25) is 0 Å². The van der Waals surface area contributed by atoms with Crippen LogP contribution in [-0.2, 0) is 0 Å². The van der Waals surface area contributed by atoms with E-state index in [9.17, 15) is 0 Å². The Bertz CT molecular complexity index is 519. The third kappa shape index (κ3) is 5.71. The van der Waals surface area contributed by atoms with Gasteiger partial charge in [0.2, 0.25) is 0 Å². The number of benzene rings is 2. The van der Waals surface area contributed by atoms with Gasteiger partial charge in [0.25, 0.3) is 0 Å². The first-order chi connectivity index (χ1) is 10.6. The Labute approximate surface area is 147 Å². The molecular weight excluding hydrogens is 327 g/mol. The lowest BCUT2D eigenvalue weighted by atomic mass is 10.2. The third-order valence-corrected chi connectivity index (χ3v) is 6.25. The van der Waals surface area contributed by atoms with Gasteiger partial charge in [0.1, 0.15) is 11.5 Å². The van der Waals surface area contributed by atoms with Crippen LogP contribution in [0.4, 0.5) is 0 Å². The highest BCUT2D eigenvalue weighted by Crippen LogP contribution is 2.36. The van der Waals surface area contributed by atoms with Gasteiger partial charge in [-0.25, -0.2) is 0 Å². The fourth-order valence-corrected chi connectivity index (χ4v) is 4.93. The van der Waals surface area contributed by atoms with Gasteiger partial charge in [-0.3, -0.25) is 0 Å². The third-order valence-electron chi connectivity index (χ3n) is 3.70. The number of ether oxygens (including phenoxy) is 2. The Morgan fingerprint density at radius 1 is 0.783 bits per heavy atom. The van der Waals surface area contributed by atoms with Gasteiger partial charge in [-0.2, -0.15) is 0 Å². The fourth-order valence-electron chi connectivity index (χ4n) is 2.32. The highest BCUT2D eigenvalue weighted by Gasteiger charge is 2.14. The maximum Gasteiger partial charge on any atom is 0.118 e. The van der Waals surface area contributed by atoms with E-state index in [-0.39, 0.29) is 20.3 Å². The molecule has 0 N–H and O–H groups in total. The zero-order valence-electron chi connectivity index (χ0n) is 14.3. The minimum atomic E-state index is -0.329. The van der Waals surface area contributed by atoms with Crippen molar-refractivity contribution < 1.29 is 9.47 Å². The Kier molecular flexibility index (Phi) is 8.44. The van der Waals surface area contributed by atoms with Crippen molar-refractivity contribution in [2.24, 2.45) is 5.92 Å². The van der Waals surface area contributed by atoms with Crippen LogP contribution in [0, 0.1) is 5.92 Å². The Hall–Kier alpha value is -1.24. The lowest BCUT2D eigenvalue weighted by Crippen LogP contribution is -2.15. The van der Waals surface area contributed by atoms with Gasteiger partial charge in [-0.1, -0.05) is 38.1 Å². The lowest BCUT2D eigenvalue weighted by Gasteiger charge is -2.20. The first-order valence-corrected chi connectivity index (χ1v) is 9.22. The highest BCUT2D eigenvalue weighted by molar-refractivity contribution is 7.73. The molecular formula is C19H26ClO2P. The lowest BCUT2D eigenvalue weighted by molar-refractivity contribution is 0.415. The standard InChI is InChI=1S/C19H25O2P.ClH/c1-15(2)13-14-22(18-9-5-16(20-3)6-10-18)19-11-7-17(21-4)8-12-19;/h5-12,15H,13-14H2,1-4H3;1H. The molecule has 0 fully saturated rings. The summed E-state index contributed by atoms with van der Waals surface area (Å²) in [6.45, 7) is 4.57. The van der Waals surface area contributed by atoms with Crippen LogP contribution in [0.5, 0.6) is 11.5 Å². The van der Waals surface area contributed by atoms with Crippen molar-refractivity contribution >= 4 is 30.9 Å². The molecule has 0 aliphatic rings. The predicted octanol–water partition coefficient (Wildman–Crippen LogP) is 4.60. The topological polar surface area (TPSA) is 18.5 Å². The van der Waals surface area contributed by atoms with E-state index in [1.54, 1.807) is 14.2 Å². The molecule has 126 valence electrons. The number of methoxy groups -OCH3 is 2. The summed E-state index contributed by atoms with van der Waals surface area (Å²) in [7, 11) is 3.09. The Morgan fingerprint density at radius 2 is 1.17 bits per heavy atom. The molecule has 0 radical (unpaired) electrons. The van der Waals surface area contributed by atoms with Crippen LogP contribution < -0.4 is 20.1 Å². The fraction of sp³-hybridized carbons (Fsp3) is 0.368. The molecule has 0 unspecified atom stereocenters. The van der Waals surface area contributed by atoms with E-state index in [1.807, 2.05) is 0 Å². The minimum Gasteiger partial charge on any atom is -0.497 e. The van der Waals surface area contributed by atoms with Crippen LogP contribution >= 0.6 is 20.3 Å². The van der Waals surface area contributed by atoms with Crippen molar-refractivity contribution in [1.82, 2.24) is 0 Å². The molecule has 2 rings (SSSR count). The second kappa shape index (κ2) is 9.80. The molecule has 0 bridgehead atoms. The van der Waals surface area contributed by atoms with Crippen molar-refractivity contribution in [3.05, 3.63) is 48.5 Å². The number of hydrogen-bond acceptors (Lipinski definition) is 2. The zero-order valence-corrected chi connectivity index (χ0v) is 16.0. The summed E-state index contributed by atoms with van der Waals surface area (Å²) in [5, 5.41) is 2.81. The van der Waals surface area contributed by atoms with Gasteiger partial charge in [0.05, 0.1) is 14.2 Å². The minimum absolute atomic E-state index is 0. The Morgan fingerprint density at radius 3 is 1.48 bits per heavy atom. The maximum absolute atomic E-state index is 5.27. The SMILES string of the molecule is COc1ccc(P(CCC(C)C)c2ccc(OC)cc2)cc1.Cl. The summed E-state index contributed by atoms with van der Waals surface area (Å²) in [6.07, 6.45) is 2.45. The van der Waals surface area contributed by atoms with E-state index in [4.69, 9.17) is 9.47 Å². The zero-order chi connectivity index (χ0) is 15.9. The van der Waals surface area contributed by atoms with Crippen LogP contribution in [0.25, 0.3) is 0 Å². The first-order valence-electron chi connectivity index (χ1n) is 7.69. The largest absolute Gasteiger partial charge is 0.497 e. The normalized spacial score (nSPS) is 10.5. The van der Waals surface area contributed by atoms with Crippen molar-refractivity contribution in [3.63, 3.8) is 0 Å². The van der Waals surface area contributed by atoms with Crippen LogP contribution in [0.15, 0.2) is 48.5 Å². The summed E-state index contributed by atoms with van der Waals surface area (Å²) in [5.74, 6) is 2.55. The van der Waals surface area contributed by atoms with Crippen molar-refractivity contribution in [1.29, 1.82) is 0 Å². The molecule has 4 heteroatoms. The molecule has 0 aliphatic heterocycles. The van der Waals surface area contributed by atoms with E-state index < -0.39 is 0 Å². The maximum atomic E-state index is 5.27. The molecule has 2 aromatic rings. The number of halogens is 1. The molecule has 0 aromatic heterocycles. The van der Waals surface area contributed by atoms with E-state index in [2.05, 4.69) is 62.4 Å². The van der Waals surface area contributed by atoms with E-state index in [1.165, 1.54) is 23.2 Å². The molecule has 0 heterocycles. The molecule has 0 spiro atoms. The average Bonchev–Trinajstić information content (AvgIpc) is 2.56. The van der Waals surface area contributed by atoms with Crippen LogP contribution in [0.1, 0.15) is 20.3 Å². The van der Waals surface area contributed by atoms with E-state index in [0.717, 1.165) is 17.4 Å².